The summed E-state index contributed by atoms with van der Waals surface area (Å²) in [6.07, 6.45) is 3.44. The first-order valence-corrected chi connectivity index (χ1v) is 6.72. The molecule has 0 saturated heterocycles. The van der Waals surface area contributed by atoms with Crippen molar-refractivity contribution in [3.05, 3.63) is 54.4 Å². The van der Waals surface area contributed by atoms with Crippen LogP contribution in [0, 0.1) is 0 Å². The molecule has 0 aliphatic carbocycles. The molecule has 0 spiro atoms. The van der Waals surface area contributed by atoms with E-state index in [2.05, 4.69) is 21.0 Å². The normalized spacial score (nSPS) is 10.8. The minimum Gasteiger partial charge on any atom is -0.326 e. The highest BCUT2D eigenvalue weighted by Crippen LogP contribution is 2.28. The van der Waals surface area contributed by atoms with Gasteiger partial charge in [-0.25, -0.2) is 15.0 Å². The first kappa shape index (κ1) is 12.1. The molecule has 19 heavy (non-hydrogen) atoms. The molecule has 2 heterocycles. The lowest BCUT2D eigenvalue weighted by atomic mass is 10.1. The average Bonchev–Trinajstić information content (AvgIpc) is 2.47. The van der Waals surface area contributed by atoms with E-state index in [0.29, 0.717) is 11.7 Å². The Kier molecular flexibility index (Phi) is 3.39. The van der Waals surface area contributed by atoms with Gasteiger partial charge in [0, 0.05) is 24.3 Å². The molecule has 0 amide bonds. The zero-order valence-electron chi connectivity index (χ0n) is 10.2. The molecule has 3 aromatic rings. The summed E-state index contributed by atoms with van der Waals surface area (Å²) in [5, 5.41) is 2.65. The monoisotopic (exact) mass is 268 g/mol. The number of benzene rings is 1. The van der Waals surface area contributed by atoms with Crippen LogP contribution in [0.5, 0.6) is 0 Å². The van der Waals surface area contributed by atoms with E-state index >= 15 is 0 Å². The Labute approximate surface area is 115 Å². The Hall–Kier alpha value is -1.98. The van der Waals surface area contributed by atoms with Gasteiger partial charge in [0.1, 0.15) is 5.03 Å². The second-order valence-corrected chi connectivity index (χ2v) is 4.94. The molecule has 0 bridgehead atoms. The van der Waals surface area contributed by atoms with Crippen molar-refractivity contribution in [3.63, 3.8) is 0 Å². The van der Waals surface area contributed by atoms with Crippen LogP contribution in [0.1, 0.15) is 5.56 Å². The molecule has 0 unspecified atom stereocenters. The van der Waals surface area contributed by atoms with E-state index in [0.717, 1.165) is 21.5 Å². The summed E-state index contributed by atoms with van der Waals surface area (Å²) in [5.41, 5.74) is 7.77. The van der Waals surface area contributed by atoms with E-state index in [4.69, 9.17) is 5.73 Å². The molecule has 0 fully saturated rings. The van der Waals surface area contributed by atoms with Gasteiger partial charge in [-0.05, 0) is 35.5 Å². The second kappa shape index (κ2) is 5.34. The van der Waals surface area contributed by atoms with Gasteiger partial charge in [-0.15, -0.1) is 0 Å². The lowest BCUT2D eigenvalue weighted by Gasteiger charge is -2.07. The molecule has 1 aromatic carbocycles. The smallest absolute Gasteiger partial charge is 0.193 e. The zero-order chi connectivity index (χ0) is 13.1. The van der Waals surface area contributed by atoms with Crippen molar-refractivity contribution in [2.24, 2.45) is 5.73 Å². The van der Waals surface area contributed by atoms with E-state index in [1.54, 1.807) is 18.5 Å². The molecular weight excluding hydrogens is 256 g/mol. The molecular formula is C14H12N4S. The molecule has 0 aliphatic rings. The molecule has 0 radical (unpaired) electrons. The topological polar surface area (TPSA) is 64.7 Å². The van der Waals surface area contributed by atoms with Gasteiger partial charge in [-0.3, -0.25) is 0 Å². The van der Waals surface area contributed by atoms with Crippen molar-refractivity contribution in [2.75, 3.05) is 0 Å². The van der Waals surface area contributed by atoms with Gasteiger partial charge in [0.15, 0.2) is 5.16 Å². The van der Waals surface area contributed by atoms with Gasteiger partial charge < -0.3 is 5.73 Å². The maximum absolute atomic E-state index is 5.80. The first-order chi connectivity index (χ1) is 9.36. The number of nitrogens with zero attached hydrogens (tertiary/aromatic N) is 3. The van der Waals surface area contributed by atoms with Crippen LogP contribution >= 0.6 is 11.8 Å². The molecule has 3 rings (SSSR count). The standard InChI is InChI=1S/C14H12N4S/c15-9-11-8-10-4-1-2-5-12(10)18-13(11)19-14-16-6-3-7-17-14/h1-8H,9,15H2. The van der Waals surface area contributed by atoms with Gasteiger partial charge in [0.05, 0.1) is 5.52 Å². The number of rotatable bonds is 3. The van der Waals surface area contributed by atoms with Gasteiger partial charge in [0.25, 0.3) is 0 Å². The molecule has 2 N–H and O–H groups in total. The molecule has 5 heteroatoms. The molecule has 0 aliphatic heterocycles. The number of aromatic nitrogens is 3. The predicted molar refractivity (Wildman–Crippen MR) is 75.8 cm³/mol. The summed E-state index contributed by atoms with van der Waals surface area (Å²) in [5.74, 6) is 0. The molecule has 4 nitrogen and oxygen atoms in total. The Morgan fingerprint density at radius 1 is 1.05 bits per heavy atom. The van der Waals surface area contributed by atoms with Crippen molar-refractivity contribution in [2.45, 2.75) is 16.7 Å². The Morgan fingerprint density at radius 2 is 1.84 bits per heavy atom. The minimum absolute atomic E-state index is 0.451. The quantitative estimate of drug-likeness (QED) is 0.740. The summed E-state index contributed by atoms with van der Waals surface area (Å²) < 4.78 is 0. The number of pyridine rings is 1. The Balaban J connectivity index is 2.06. The summed E-state index contributed by atoms with van der Waals surface area (Å²) in [4.78, 5) is 13.0. The van der Waals surface area contributed by atoms with Crippen LogP contribution in [0.25, 0.3) is 10.9 Å². The maximum Gasteiger partial charge on any atom is 0.193 e. The van der Waals surface area contributed by atoms with Gasteiger partial charge in [-0.2, -0.15) is 0 Å². The summed E-state index contributed by atoms with van der Waals surface area (Å²) >= 11 is 1.44. The third-order valence-corrected chi connectivity index (χ3v) is 3.65. The number of para-hydroxylation sites is 1. The largest absolute Gasteiger partial charge is 0.326 e. The van der Waals surface area contributed by atoms with E-state index in [-0.39, 0.29) is 0 Å². The molecule has 2 aromatic heterocycles. The van der Waals surface area contributed by atoms with Crippen LogP contribution in [0.4, 0.5) is 0 Å². The summed E-state index contributed by atoms with van der Waals surface area (Å²) in [6, 6.07) is 11.9. The highest BCUT2D eigenvalue weighted by atomic mass is 32.2. The van der Waals surface area contributed by atoms with Crippen LogP contribution < -0.4 is 5.73 Å². The van der Waals surface area contributed by atoms with E-state index in [1.165, 1.54) is 11.8 Å². The van der Waals surface area contributed by atoms with Gasteiger partial charge in [-0.1, -0.05) is 18.2 Å². The van der Waals surface area contributed by atoms with Crippen LogP contribution in [-0.4, -0.2) is 15.0 Å². The average molecular weight is 268 g/mol. The second-order valence-electron chi connectivity index (χ2n) is 3.98. The lowest BCUT2D eigenvalue weighted by molar-refractivity contribution is 0.943. The van der Waals surface area contributed by atoms with Gasteiger partial charge >= 0.3 is 0 Å². The van der Waals surface area contributed by atoms with Crippen molar-refractivity contribution in [1.29, 1.82) is 0 Å². The molecule has 0 saturated carbocycles. The fraction of sp³-hybridized carbons (Fsp3) is 0.0714. The van der Waals surface area contributed by atoms with Gasteiger partial charge in [0.2, 0.25) is 0 Å². The SMILES string of the molecule is NCc1cc2ccccc2nc1Sc1ncccn1. The third kappa shape index (κ3) is 2.57. The van der Waals surface area contributed by atoms with Crippen LogP contribution in [0.15, 0.2) is 59.0 Å². The van der Waals surface area contributed by atoms with E-state index < -0.39 is 0 Å². The first-order valence-electron chi connectivity index (χ1n) is 5.90. The fourth-order valence-corrected chi connectivity index (χ4v) is 2.62. The van der Waals surface area contributed by atoms with E-state index in [9.17, 15) is 0 Å². The van der Waals surface area contributed by atoms with Crippen LogP contribution in [-0.2, 0) is 6.54 Å². The van der Waals surface area contributed by atoms with Crippen LogP contribution in [0.3, 0.4) is 0 Å². The number of hydrogen-bond acceptors (Lipinski definition) is 5. The highest BCUT2D eigenvalue weighted by molar-refractivity contribution is 7.99. The summed E-state index contributed by atoms with van der Waals surface area (Å²) in [6.45, 7) is 0.451. The van der Waals surface area contributed by atoms with E-state index in [1.807, 2.05) is 24.3 Å². The highest BCUT2D eigenvalue weighted by Gasteiger charge is 2.08. The van der Waals surface area contributed by atoms with Crippen molar-refractivity contribution in [1.82, 2.24) is 15.0 Å². The summed E-state index contributed by atoms with van der Waals surface area (Å²) in [7, 11) is 0. The van der Waals surface area contributed by atoms with Crippen molar-refractivity contribution in [3.8, 4) is 0 Å². The van der Waals surface area contributed by atoms with Crippen molar-refractivity contribution >= 4 is 22.7 Å². The van der Waals surface area contributed by atoms with Crippen LogP contribution in [0.2, 0.25) is 0 Å². The molecule has 0 atom stereocenters. The number of nitrogens with two attached hydrogens (primary N) is 1. The molecule has 94 valence electrons. The maximum atomic E-state index is 5.80. The minimum atomic E-state index is 0.451. The number of hydrogen-bond donors (Lipinski definition) is 1. The fourth-order valence-electron chi connectivity index (χ4n) is 1.80. The zero-order valence-corrected chi connectivity index (χ0v) is 11.0. The Morgan fingerprint density at radius 3 is 2.63 bits per heavy atom. The number of fused-ring (bicyclic) bond motifs is 1. The van der Waals surface area contributed by atoms with Crippen molar-refractivity contribution < 1.29 is 0 Å². The predicted octanol–water partition coefficient (Wildman–Crippen LogP) is 2.63. The Bertz CT molecular complexity index is 700. The third-order valence-electron chi connectivity index (χ3n) is 2.71. The lowest BCUT2D eigenvalue weighted by Crippen LogP contribution is -2.01.